The second-order valence-electron chi connectivity index (χ2n) is 7.61. The van der Waals surface area contributed by atoms with E-state index < -0.39 is 0 Å². The van der Waals surface area contributed by atoms with Crippen LogP contribution >= 0.6 is 0 Å². The van der Waals surface area contributed by atoms with Gasteiger partial charge in [0.2, 0.25) is 11.5 Å². The standard InChI is InChI=1S/C24H24O6/c1-15-3-5-16(6-4-15)24(26)30-19-11-12-20-21(13-19)28-14-22(23(20)25)29-18-9-7-17(27-2)8-10-18/h3-10,14,19-21H,11-13H2,1-2H3. The van der Waals surface area contributed by atoms with Crippen LogP contribution in [0.25, 0.3) is 0 Å². The minimum atomic E-state index is -0.348. The molecule has 2 aromatic carbocycles. The lowest BCUT2D eigenvalue weighted by Gasteiger charge is -2.36. The highest BCUT2D eigenvalue weighted by Crippen LogP contribution is 2.35. The van der Waals surface area contributed by atoms with Gasteiger partial charge in [-0.1, -0.05) is 17.7 Å². The summed E-state index contributed by atoms with van der Waals surface area (Å²) in [5, 5.41) is 0. The monoisotopic (exact) mass is 408 g/mol. The third kappa shape index (κ3) is 4.32. The van der Waals surface area contributed by atoms with Crippen molar-refractivity contribution in [2.24, 2.45) is 5.92 Å². The lowest BCUT2D eigenvalue weighted by atomic mass is 9.80. The molecular weight excluding hydrogens is 384 g/mol. The Morgan fingerprint density at radius 2 is 1.70 bits per heavy atom. The summed E-state index contributed by atoms with van der Waals surface area (Å²) in [7, 11) is 1.59. The van der Waals surface area contributed by atoms with Crippen LogP contribution in [-0.4, -0.2) is 31.1 Å². The predicted molar refractivity (Wildman–Crippen MR) is 109 cm³/mol. The lowest BCUT2D eigenvalue weighted by Crippen LogP contribution is -2.43. The number of esters is 1. The van der Waals surface area contributed by atoms with Crippen molar-refractivity contribution >= 4 is 11.8 Å². The van der Waals surface area contributed by atoms with Crippen LogP contribution in [0.5, 0.6) is 11.5 Å². The molecule has 1 heterocycles. The molecular formula is C24H24O6. The average Bonchev–Trinajstić information content (AvgIpc) is 2.76. The van der Waals surface area contributed by atoms with Gasteiger partial charge in [0, 0.05) is 6.42 Å². The lowest BCUT2D eigenvalue weighted by molar-refractivity contribution is -0.132. The minimum Gasteiger partial charge on any atom is -0.497 e. The zero-order valence-electron chi connectivity index (χ0n) is 17.0. The smallest absolute Gasteiger partial charge is 0.338 e. The molecule has 0 N–H and O–H groups in total. The summed E-state index contributed by atoms with van der Waals surface area (Å²) >= 11 is 0. The number of Topliss-reactive ketones (excluding diaryl/α,β-unsaturated/α-hetero) is 1. The molecule has 2 aromatic rings. The summed E-state index contributed by atoms with van der Waals surface area (Å²) in [6, 6.07) is 14.3. The van der Waals surface area contributed by atoms with Crippen LogP contribution in [0.1, 0.15) is 35.2 Å². The number of hydrogen-bond acceptors (Lipinski definition) is 6. The van der Waals surface area contributed by atoms with Gasteiger partial charge >= 0.3 is 5.97 Å². The van der Waals surface area contributed by atoms with Crippen LogP contribution in [-0.2, 0) is 14.3 Å². The molecule has 1 aliphatic carbocycles. The second-order valence-corrected chi connectivity index (χ2v) is 7.61. The fourth-order valence-electron chi connectivity index (χ4n) is 3.79. The molecule has 0 bridgehead atoms. The highest BCUT2D eigenvalue weighted by atomic mass is 16.6. The molecule has 1 fully saturated rings. The van der Waals surface area contributed by atoms with Gasteiger partial charge in [-0.2, -0.15) is 0 Å². The van der Waals surface area contributed by atoms with Gasteiger partial charge < -0.3 is 18.9 Å². The third-order valence-corrected chi connectivity index (χ3v) is 5.52. The Balaban J connectivity index is 1.36. The van der Waals surface area contributed by atoms with Gasteiger partial charge in [-0.15, -0.1) is 0 Å². The maximum absolute atomic E-state index is 12.9. The van der Waals surface area contributed by atoms with Gasteiger partial charge in [0.15, 0.2) is 0 Å². The quantitative estimate of drug-likeness (QED) is 0.690. The molecule has 0 radical (unpaired) electrons. The second kappa shape index (κ2) is 8.61. The maximum Gasteiger partial charge on any atom is 0.338 e. The maximum atomic E-state index is 12.9. The first-order chi connectivity index (χ1) is 14.5. The number of ketones is 1. The van der Waals surface area contributed by atoms with Crippen LogP contribution in [0, 0.1) is 12.8 Å². The van der Waals surface area contributed by atoms with Gasteiger partial charge in [-0.05, 0) is 56.2 Å². The first-order valence-corrected chi connectivity index (χ1v) is 10.0. The Morgan fingerprint density at radius 3 is 2.40 bits per heavy atom. The average molecular weight is 408 g/mol. The number of carbonyl (C=O) groups is 2. The van der Waals surface area contributed by atoms with Crippen molar-refractivity contribution < 1.29 is 28.5 Å². The van der Waals surface area contributed by atoms with E-state index in [0.29, 0.717) is 36.3 Å². The highest BCUT2D eigenvalue weighted by molar-refractivity contribution is 5.96. The number of aryl methyl sites for hydroxylation is 1. The fourth-order valence-corrected chi connectivity index (χ4v) is 3.79. The van der Waals surface area contributed by atoms with Gasteiger partial charge in [-0.3, -0.25) is 4.79 Å². The van der Waals surface area contributed by atoms with Crippen molar-refractivity contribution in [2.45, 2.75) is 38.4 Å². The Kier molecular flexibility index (Phi) is 5.74. The molecule has 1 saturated carbocycles. The summed E-state index contributed by atoms with van der Waals surface area (Å²) < 4.78 is 22.3. The largest absolute Gasteiger partial charge is 0.497 e. The molecule has 6 heteroatoms. The molecule has 3 atom stereocenters. The number of rotatable bonds is 5. The van der Waals surface area contributed by atoms with Crippen molar-refractivity contribution in [1.82, 2.24) is 0 Å². The first-order valence-electron chi connectivity index (χ1n) is 10.0. The summed E-state index contributed by atoms with van der Waals surface area (Å²) in [6.45, 7) is 1.97. The summed E-state index contributed by atoms with van der Waals surface area (Å²) in [5.74, 6) is 0.721. The Hall–Kier alpha value is -3.28. The van der Waals surface area contributed by atoms with E-state index in [4.69, 9.17) is 18.9 Å². The van der Waals surface area contributed by atoms with E-state index in [1.165, 1.54) is 6.26 Å². The van der Waals surface area contributed by atoms with Crippen molar-refractivity contribution in [1.29, 1.82) is 0 Å². The number of benzene rings is 2. The molecule has 0 amide bonds. The molecule has 4 rings (SSSR count). The van der Waals surface area contributed by atoms with E-state index in [9.17, 15) is 9.59 Å². The van der Waals surface area contributed by atoms with Crippen LogP contribution < -0.4 is 9.47 Å². The van der Waals surface area contributed by atoms with E-state index in [0.717, 1.165) is 5.56 Å². The number of hydrogen-bond donors (Lipinski definition) is 0. The molecule has 156 valence electrons. The zero-order chi connectivity index (χ0) is 21.1. The van der Waals surface area contributed by atoms with Crippen molar-refractivity contribution in [3.8, 4) is 11.5 Å². The normalized spacial score (nSPS) is 22.9. The van der Waals surface area contributed by atoms with Crippen LogP contribution in [0.4, 0.5) is 0 Å². The molecule has 0 saturated heterocycles. The van der Waals surface area contributed by atoms with Crippen LogP contribution in [0.3, 0.4) is 0 Å². The molecule has 30 heavy (non-hydrogen) atoms. The van der Waals surface area contributed by atoms with Gasteiger partial charge in [0.05, 0.1) is 18.6 Å². The number of ether oxygens (including phenoxy) is 4. The molecule has 3 unspecified atom stereocenters. The zero-order valence-corrected chi connectivity index (χ0v) is 17.0. The van der Waals surface area contributed by atoms with E-state index in [-0.39, 0.29) is 35.6 Å². The third-order valence-electron chi connectivity index (χ3n) is 5.52. The topological polar surface area (TPSA) is 71.1 Å². The first kappa shape index (κ1) is 20.0. The van der Waals surface area contributed by atoms with Crippen LogP contribution in [0.15, 0.2) is 60.6 Å². The van der Waals surface area contributed by atoms with Crippen molar-refractivity contribution in [2.75, 3.05) is 7.11 Å². The highest BCUT2D eigenvalue weighted by Gasteiger charge is 2.42. The van der Waals surface area contributed by atoms with Crippen molar-refractivity contribution in [3.63, 3.8) is 0 Å². The molecule has 0 aromatic heterocycles. The summed E-state index contributed by atoms with van der Waals surface area (Å²) in [5.41, 5.74) is 1.61. The van der Waals surface area contributed by atoms with Gasteiger partial charge in [-0.25, -0.2) is 4.79 Å². The molecule has 1 aliphatic heterocycles. The fraction of sp³-hybridized carbons (Fsp3) is 0.333. The van der Waals surface area contributed by atoms with Crippen LogP contribution in [0.2, 0.25) is 0 Å². The Bertz CT molecular complexity index is 945. The van der Waals surface area contributed by atoms with E-state index in [2.05, 4.69) is 0 Å². The number of fused-ring (bicyclic) bond motifs is 1. The van der Waals surface area contributed by atoms with E-state index >= 15 is 0 Å². The molecule has 6 nitrogen and oxygen atoms in total. The molecule has 0 spiro atoms. The predicted octanol–water partition coefficient (Wildman–Crippen LogP) is 4.22. The van der Waals surface area contributed by atoms with E-state index in [1.807, 2.05) is 19.1 Å². The number of allylic oxidation sites excluding steroid dienone is 1. The molecule has 2 aliphatic rings. The Morgan fingerprint density at radius 1 is 1.00 bits per heavy atom. The summed E-state index contributed by atoms with van der Waals surface area (Å²) in [6.07, 6.45) is 2.47. The van der Waals surface area contributed by atoms with Gasteiger partial charge in [0.1, 0.15) is 30.0 Å². The minimum absolute atomic E-state index is 0.0784. The van der Waals surface area contributed by atoms with Gasteiger partial charge in [0.25, 0.3) is 0 Å². The number of methoxy groups -OCH3 is 1. The summed E-state index contributed by atoms with van der Waals surface area (Å²) in [4.78, 5) is 25.2. The van der Waals surface area contributed by atoms with E-state index in [1.54, 1.807) is 43.5 Å². The Labute approximate surface area is 175 Å². The number of carbonyl (C=O) groups excluding carboxylic acids is 2. The van der Waals surface area contributed by atoms with Crippen molar-refractivity contribution in [3.05, 3.63) is 71.7 Å². The SMILES string of the molecule is COc1ccc(OC2=COC3CC(OC(=O)c4ccc(C)cc4)CCC3C2=O)cc1.